The van der Waals surface area contributed by atoms with Gasteiger partial charge in [-0.3, -0.25) is 10.1 Å². The number of aliphatic hydroxyl groups is 1. The van der Waals surface area contributed by atoms with E-state index in [2.05, 4.69) is 4.90 Å². The van der Waals surface area contributed by atoms with Crippen LogP contribution >= 0.6 is 0 Å². The van der Waals surface area contributed by atoms with Gasteiger partial charge in [0.1, 0.15) is 5.69 Å². The summed E-state index contributed by atoms with van der Waals surface area (Å²) in [5.74, 6) is -0.0749. The second kappa shape index (κ2) is 6.02. The van der Waals surface area contributed by atoms with Crippen molar-refractivity contribution < 1.29 is 10.0 Å². The van der Waals surface area contributed by atoms with Crippen LogP contribution in [0.25, 0.3) is 0 Å². The Morgan fingerprint density at radius 1 is 1.37 bits per heavy atom. The highest BCUT2D eigenvalue weighted by molar-refractivity contribution is 5.64. The molecule has 0 radical (unpaired) electrons. The standard InChI is InChI=1S/C14H20N2O3/c1-11(10-17)12-5-6-13(14(9-12)16(18)19)15-7-3-2-4-8-15/h5-6,9,11,17H,2-4,7-8,10H2,1H3. The first kappa shape index (κ1) is 13.8. The summed E-state index contributed by atoms with van der Waals surface area (Å²) in [5, 5.41) is 20.4. The number of nitro benzene ring substituents is 1. The van der Waals surface area contributed by atoms with E-state index in [0.717, 1.165) is 31.5 Å². The number of hydrogen-bond donors (Lipinski definition) is 1. The zero-order valence-corrected chi connectivity index (χ0v) is 11.2. The monoisotopic (exact) mass is 264 g/mol. The lowest BCUT2D eigenvalue weighted by Crippen LogP contribution is -2.30. The van der Waals surface area contributed by atoms with Crippen LogP contribution in [0.4, 0.5) is 11.4 Å². The third-order valence-corrected chi connectivity index (χ3v) is 3.74. The van der Waals surface area contributed by atoms with E-state index >= 15 is 0 Å². The van der Waals surface area contributed by atoms with Gasteiger partial charge in [0.2, 0.25) is 0 Å². The zero-order valence-electron chi connectivity index (χ0n) is 11.2. The van der Waals surface area contributed by atoms with Gasteiger partial charge in [0.15, 0.2) is 0 Å². The smallest absolute Gasteiger partial charge is 0.292 e. The van der Waals surface area contributed by atoms with Gasteiger partial charge in [-0.25, -0.2) is 0 Å². The predicted octanol–water partition coefficient (Wildman–Crippen LogP) is 2.68. The molecular weight excluding hydrogens is 244 g/mol. The van der Waals surface area contributed by atoms with Crippen LogP contribution < -0.4 is 4.90 Å². The lowest BCUT2D eigenvalue weighted by molar-refractivity contribution is -0.384. The summed E-state index contributed by atoms with van der Waals surface area (Å²) in [6, 6.07) is 5.31. The van der Waals surface area contributed by atoms with Crippen molar-refractivity contribution in [2.45, 2.75) is 32.1 Å². The van der Waals surface area contributed by atoms with Gasteiger partial charge in [-0.15, -0.1) is 0 Å². The quantitative estimate of drug-likeness (QED) is 0.670. The third kappa shape index (κ3) is 3.04. The van der Waals surface area contributed by atoms with Crippen molar-refractivity contribution in [3.63, 3.8) is 0 Å². The van der Waals surface area contributed by atoms with E-state index in [1.54, 1.807) is 6.07 Å². The number of piperidine rings is 1. The lowest BCUT2D eigenvalue weighted by Gasteiger charge is -2.28. The van der Waals surface area contributed by atoms with E-state index in [1.165, 1.54) is 6.42 Å². The summed E-state index contributed by atoms with van der Waals surface area (Å²) >= 11 is 0. The van der Waals surface area contributed by atoms with E-state index in [0.29, 0.717) is 5.69 Å². The van der Waals surface area contributed by atoms with Crippen molar-refractivity contribution in [1.29, 1.82) is 0 Å². The maximum Gasteiger partial charge on any atom is 0.292 e. The molecule has 0 saturated carbocycles. The third-order valence-electron chi connectivity index (χ3n) is 3.74. The summed E-state index contributed by atoms with van der Waals surface area (Å²) in [7, 11) is 0. The Labute approximate surface area is 113 Å². The van der Waals surface area contributed by atoms with Crippen LogP contribution in [0.5, 0.6) is 0 Å². The molecule has 1 atom stereocenters. The van der Waals surface area contributed by atoms with Crippen molar-refractivity contribution in [3.05, 3.63) is 33.9 Å². The van der Waals surface area contributed by atoms with Gasteiger partial charge in [0.25, 0.3) is 5.69 Å². The van der Waals surface area contributed by atoms with Crippen LogP contribution in [0.2, 0.25) is 0 Å². The Morgan fingerprint density at radius 3 is 2.63 bits per heavy atom. The van der Waals surface area contributed by atoms with Crippen LogP contribution in [0.1, 0.15) is 37.7 Å². The molecule has 1 saturated heterocycles. The fourth-order valence-corrected chi connectivity index (χ4v) is 2.50. The minimum absolute atomic E-state index is 0.000214. The highest BCUT2D eigenvalue weighted by atomic mass is 16.6. The van der Waals surface area contributed by atoms with Crippen LogP contribution in [0.3, 0.4) is 0 Å². The molecule has 1 fully saturated rings. The maximum atomic E-state index is 11.2. The fraction of sp³-hybridized carbons (Fsp3) is 0.571. The highest BCUT2D eigenvalue weighted by Crippen LogP contribution is 2.33. The molecule has 1 N–H and O–H groups in total. The van der Waals surface area contributed by atoms with Gasteiger partial charge in [-0.2, -0.15) is 0 Å². The molecule has 0 aliphatic carbocycles. The number of anilines is 1. The molecule has 1 unspecified atom stereocenters. The van der Waals surface area contributed by atoms with Gasteiger partial charge in [-0.1, -0.05) is 13.0 Å². The molecule has 19 heavy (non-hydrogen) atoms. The average Bonchev–Trinajstić information content (AvgIpc) is 2.46. The predicted molar refractivity (Wildman–Crippen MR) is 74.7 cm³/mol. The van der Waals surface area contributed by atoms with Crippen molar-refractivity contribution in [3.8, 4) is 0 Å². The normalized spacial score (nSPS) is 17.3. The first-order valence-corrected chi connectivity index (χ1v) is 6.77. The molecule has 0 bridgehead atoms. The summed E-state index contributed by atoms with van der Waals surface area (Å²) in [6.07, 6.45) is 3.38. The fourth-order valence-electron chi connectivity index (χ4n) is 2.50. The SMILES string of the molecule is CC(CO)c1ccc(N2CCCCC2)c([N+](=O)[O-])c1. The molecule has 0 amide bonds. The molecule has 5 heteroatoms. The molecule has 104 valence electrons. The van der Waals surface area contributed by atoms with Gasteiger partial charge in [-0.05, 0) is 30.9 Å². The summed E-state index contributed by atoms with van der Waals surface area (Å²) in [4.78, 5) is 13.0. The van der Waals surface area contributed by atoms with E-state index in [-0.39, 0.29) is 23.1 Å². The number of nitro groups is 1. The second-order valence-corrected chi connectivity index (χ2v) is 5.14. The van der Waals surface area contributed by atoms with Crippen LogP contribution in [-0.4, -0.2) is 29.7 Å². The number of rotatable bonds is 4. The molecule has 0 spiro atoms. The Balaban J connectivity index is 2.34. The zero-order chi connectivity index (χ0) is 13.8. The minimum Gasteiger partial charge on any atom is -0.396 e. The molecule has 1 aromatic rings. The van der Waals surface area contributed by atoms with Gasteiger partial charge >= 0.3 is 0 Å². The van der Waals surface area contributed by atoms with E-state index in [9.17, 15) is 10.1 Å². The Morgan fingerprint density at radius 2 is 2.05 bits per heavy atom. The number of nitrogens with zero attached hydrogens (tertiary/aromatic N) is 2. The van der Waals surface area contributed by atoms with Crippen molar-refractivity contribution in [2.24, 2.45) is 0 Å². The van der Waals surface area contributed by atoms with Crippen molar-refractivity contribution >= 4 is 11.4 Å². The molecule has 1 heterocycles. The molecule has 1 aliphatic rings. The minimum atomic E-state index is -0.322. The second-order valence-electron chi connectivity index (χ2n) is 5.14. The molecule has 1 aromatic carbocycles. The van der Waals surface area contributed by atoms with Crippen molar-refractivity contribution in [1.82, 2.24) is 0 Å². The molecular formula is C14H20N2O3. The molecule has 2 rings (SSSR count). The Kier molecular flexibility index (Phi) is 4.37. The first-order chi connectivity index (χ1) is 9.13. The summed E-state index contributed by atoms with van der Waals surface area (Å²) < 4.78 is 0. The van der Waals surface area contributed by atoms with Gasteiger partial charge in [0, 0.05) is 31.7 Å². The van der Waals surface area contributed by atoms with Gasteiger partial charge in [0.05, 0.1) is 4.92 Å². The van der Waals surface area contributed by atoms with Crippen LogP contribution in [0, 0.1) is 10.1 Å². The highest BCUT2D eigenvalue weighted by Gasteiger charge is 2.22. The number of benzene rings is 1. The van der Waals surface area contributed by atoms with E-state index < -0.39 is 0 Å². The maximum absolute atomic E-state index is 11.2. The summed E-state index contributed by atoms with van der Waals surface area (Å²) in [5.41, 5.74) is 1.67. The Hall–Kier alpha value is -1.62. The van der Waals surface area contributed by atoms with Gasteiger partial charge < -0.3 is 10.0 Å². The molecule has 0 aromatic heterocycles. The average molecular weight is 264 g/mol. The lowest BCUT2D eigenvalue weighted by atomic mass is 10.00. The number of hydrogen-bond acceptors (Lipinski definition) is 4. The molecule has 1 aliphatic heterocycles. The Bertz CT molecular complexity index is 456. The van der Waals surface area contributed by atoms with Crippen LogP contribution in [0.15, 0.2) is 18.2 Å². The molecule has 5 nitrogen and oxygen atoms in total. The topological polar surface area (TPSA) is 66.6 Å². The largest absolute Gasteiger partial charge is 0.396 e. The van der Waals surface area contributed by atoms with E-state index in [4.69, 9.17) is 5.11 Å². The van der Waals surface area contributed by atoms with Crippen molar-refractivity contribution in [2.75, 3.05) is 24.6 Å². The number of aliphatic hydroxyl groups excluding tert-OH is 1. The summed E-state index contributed by atoms with van der Waals surface area (Å²) in [6.45, 7) is 3.63. The first-order valence-electron chi connectivity index (χ1n) is 6.77. The van der Waals surface area contributed by atoms with E-state index in [1.807, 2.05) is 19.1 Å². The van der Waals surface area contributed by atoms with Crippen LogP contribution in [-0.2, 0) is 0 Å².